The zero-order valence-corrected chi connectivity index (χ0v) is 16.8. The fraction of sp³-hybridized carbons (Fsp3) is 0.450. The summed E-state index contributed by atoms with van der Waals surface area (Å²) in [7, 11) is 1.75. The molecule has 0 fully saturated rings. The van der Waals surface area contributed by atoms with E-state index >= 15 is 0 Å². The van der Waals surface area contributed by atoms with Gasteiger partial charge in [0.15, 0.2) is 5.96 Å². The predicted octanol–water partition coefficient (Wildman–Crippen LogP) is 2.74. The van der Waals surface area contributed by atoms with Gasteiger partial charge in [0.1, 0.15) is 5.01 Å². The highest BCUT2D eigenvalue weighted by atomic mass is 32.1. The van der Waals surface area contributed by atoms with Crippen molar-refractivity contribution in [3.63, 3.8) is 0 Å². The molecule has 1 aliphatic heterocycles. The van der Waals surface area contributed by atoms with Crippen molar-refractivity contribution in [1.29, 1.82) is 0 Å². The number of anilines is 1. The normalized spacial score (nSPS) is 13.6. The summed E-state index contributed by atoms with van der Waals surface area (Å²) < 4.78 is 0. The lowest BCUT2D eigenvalue weighted by molar-refractivity contribution is -0.118. The number of hydrogen-bond acceptors (Lipinski definition) is 4. The van der Waals surface area contributed by atoms with E-state index in [2.05, 4.69) is 33.6 Å². The van der Waals surface area contributed by atoms with Gasteiger partial charge in [-0.1, -0.05) is 25.1 Å². The van der Waals surface area contributed by atoms with Crippen LogP contribution in [0.4, 0.5) is 5.69 Å². The molecule has 0 spiro atoms. The second-order valence-electron chi connectivity index (χ2n) is 6.45. The van der Waals surface area contributed by atoms with Crippen molar-refractivity contribution >= 4 is 28.9 Å². The van der Waals surface area contributed by atoms with Crippen LogP contribution in [0.5, 0.6) is 0 Å². The molecule has 2 heterocycles. The third-order valence-electron chi connectivity index (χ3n) is 4.63. The fourth-order valence-corrected chi connectivity index (χ4v) is 3.95. The fourth-order valence-electron chi connectivity index (χ4n) is 3.15. The van der Waals surface area contributed by atoms with Crippen LogP contribution in [0, 0.1) is 0 Å². The summed E-state index contributed by atoms with van der Waals surface area (Å²) in [6, 6.07) is 8.16. The second kappa shape index (κ2) is 9.50. The number of amides is 1. The Morgan fingerprint density at radius 3 is 2.96 bits per heavy atom. The molecule has 0 radical (unpaired) electrons. The number of rotatable bonds is 7. The van der Waals surface area contributed by atoms with Crippen LogP contribution in [0.3, 0.4) is 0 Å². The van der Waals surface area contributed by atoms with Gasteiger partial charge in [0.25, 0.3) is 0 Å². The number of hydrogen-bond donors (Lipinski definition) is 2. The molecule has 1 aromatic heterocycles. The van der Waals surface area contributed by atoms with Gasteiger partial charge >= 0.3 is 0 Å². The molecule has 27 heavy (non-hydrogen) atoms. The highest BCUT2D eigenvalue weighted by Gasteiger charge is 2.23. The molecule has 1 aliphatic rings. The first-order chi connectivity index (χ1) is 13.2. The number of para-hydroxylation sites is 1. The molecule has 0 saturated heterocycles. The maximum absolute atomic E-state index is 12.5. The van der Waals surface area contributed by atoms with Crippen LogP contribution in [-0.4, -0.2) is 37.0 Å². The van der Waals surface area contributed by atoms with Crippen molar-refractivity contribution in [3.8, 4) is 0 Å². The minimum absolute atomic E-state index is 0.194. The molecule has 0 bridgehead atoms. The molecular weight excluding hydrogens is 358 g/mol. The average Bonchev–Trinajstić information content (AvgIpc) is 3.34. The molecular formula is C20H27N5OS. The van der Waals surface area contributed by atoms with E-state index in [-0.39, 0.29) is 5.91 Å². The van der Waals surface area contributed by atoms with Crippen LogP contribution < -0.4 is 15.5 Å². The Morgan fingerprint density at radius 2 is 2.19 bits per heavy atom. The number of aromatic nitrogens is 1. The standard InChI is InChI=1S/C20H27N5OS/c1-3-16-13-23-18(27-16)14-24-20(21-2)22-11-6-9-19(26)25-12-10-15-7-4-5-8-17(15)25/h4-5,7-8,13H,3,6,9-12,14H2,1-2H3,(H2,21,22,24). The molecule has 1 aromatic carbocycles. The van der Waals surface area contributed by atoms with Crippen LogP contribution in [-0.2, 0) is 24.2 Å². The summed E-state index contributed by atoms with van der Waals surface area (Å²) >= 11 is 1.72. The largest absolute Gasteiger partial charge is 0.356 e. The number of fused-ring (bicyclic) bond motifs is 1. The Morgan fingerprint density at radius 1 is 1.33 bits per heavy atom. The number of aryl methyl sites for hydroxylation is 1. The molecule has 0 unspecified atom stereocenters. The Labute approximate surface area is 164 Å². The van der Waals surface area contributed by atoms with Crippen molar-refractivity contribution in [2.24, 2.45) is 4.99 Å². The summed E-state index contributed by atoms with van der Waals surface area (Å²) in [5.41, 5.74) is 2.34. The maximum atomic E-state index is 12.5. The van der Waals surface area contributed by atoms with E-state index in [9.17, 15) is 4.79 Å². The molecule has 1 amide bonds. The van der Waals surface area contributed by atoms with E-state index in [1.165, 1.54) is 10.4 Å². The monoisotopic (exact) mass is 385 g/mol. The van der Waals surface area contributed by atoms with Gasteiger partial charge < -0.3 is 15.5 Å². The molecule has 0 saturated carbocycles. The molecule has 6 nitrogen and oxygen atoms in total. The summed E-state index contributed by atoms with van der Waals surface area (Å²) in [6.45, 7) is 4.29. The topological polar surface area (TPSA) is 69.6 Å². The molecule has 2 aromatic rings. The number of thiazole rings is 1. The third-order valence-corrected chi connectivity index (χ3v) is 5.77. The molecule has 3 rings (SSSR count). The molecule has 2 N–H and O–H groups in total. The van der Waals surface area contributed by atoms with E-state index in [4.69, 9.17) is 0 Å². The van der Waals surface area contributed by atoms with Crippen molar-refractivity contribution in [2.45, 2.75) is 39.2 Å². The summed E-state index contributed by atoms with van der Waals surface area (Å²) in [5.74, 6) is 0.932. The lowest BCUT2D eigenvalue weighted by atomic mass is 10.2. The highest BCUT2D eigenvalue weighted by Crippen LogP contribution is 2.27. The Hall–Kier alpha value is -2.41. The van der Waals surface area contributed by atoms with E-state index in [1.807, 2.05) is 29.3 Å². The lowest BCUT2D eigenvalue weighted by Crippen LogP contribution is -2.37. The Bertz CT molecular complexity index is 801. The van der Waals surface area contributed by atoms with E-state index < -0.39 is 0 Å². The molecule has 7 heteroatoms. The summed E-state index contributed by atoms with van der Waals surface area (Å²) in [4.78, 5) is 24.3. The number of benzene rings is 1. The quantitative estimate of drug-likeness (QED) is 0.437. The Kier molecular flexibility index (Phi) is 6.81. The van der Waals surface area contributed by atoms with Crippen molar-refractivity contribution in [3.05, 3.63) is 45.9 Å². The first-order valence-electron chi connectivity index (χ1n) is 9.47. The molecule has 0 atom stereocenters. The minimum Gasteiger partial charge on any atom is -0.356 e. The average molecular weight is 386 g/mol. The van der Waals surface area contributed by atoms with Gasteiger partial charge in [-0.2, -0.15) is 0 Å². The van der Waals surface area contributed by atoms with Crippen LogP contribution in [0.1, 0.15) is 35.2 Å². The zero-order chi connectivity index (χ0) is 19.1. The van der Waals surface area contributed by atoms with Crippen molar-refractivity contribution in [2.75, 3.05) is 25.0 Å². The SMILES string of the molecule is CCc1cnc(CNC(=NC)NCCCC(=O)N2CCc3ccccc32)s1. The first-order valence-corrected chi connectivity index (χ1v) is 10.3. The summed E-state index contributed by atoms with van der Waals surface area (Å²) in [6.07, 6.45) is 5.20. The van der Waals surface area contributed by atoms with Gasteiger partial charge in [-0.15, -0.1) is 11.3 Å². The minimum atomic E-state index is 0.194. The number of aliphatic imine (C=N–C) groups is 1. The second-order valence-corrected chi connectivity index (χ2v) is 7.65. The first kappa shape index (κ1) is 19.4. The third kappa shape index (κ3) is 5.07. The maximum Gasteiger partial charge on any atom is 0.227 e. The van der Waals surface area contributed by atoms with Crippen LogP contribution in [0.15, 0.2) is 35.5 Å². The summed E-state index contributed by atoms with van der Waals surface area (Å²) in [5, 5.41) is 7.59. The van der Waals surface area contributed by atoms with Gasteiger partial charge in [0.05, 0.1) is 6.54 Å². The van der Waals surface area contributed by atoms with Gasteiger partial charge in [-0.25, -0.2) is 4.98 Å². The van der Waals surface area contributed by atoms with Crippen LogP contribution in [0.25, 0.3) is 0 Å². The highest BCUT2D eigenvalue weighted by molar-refractivity contribution is 7.11. The predicted molar refractivity (Wildman–Crippen MR) is 111 cm³/mol. The van der Waals surface area contributed by atoms with Crippen LogP contribution in [0.2, 0.25) is 0 Å². The van der Waals surface area contributed by atoms with Gasteiger partial charge in [0, 0.05) is 43.3 Å². The van der Waals surface area contributed by atoms with Gasteiger partial charge in [-0.05, 0) is 30.9 Å². The molecule has 144 valence electrons. The van der Waals surface area contributed by atoms with Gasteiger partial charge in [0.2, 0.25) is 5.91 Å². The Balaban J connectivity index is 1.38. The van der Waals surface area contributed by atoms with Crippen molar-refractivity contribution in [1.82, 2.24) is 15.6 Å². The van der Waals surface area contributed by atoms with Gasteiger partial charge in [-0.3, -0.25) is 9.79 Å². The van der Waals surface area contributed by atoms with E-state index in [1.54, 1.807) is 18.4 Å². The zero-order valence-electron chi connectivity index (χ0n) is 16.0. The number of carbonyl (C=O) groups excluding carboxylic acids is 1. The smallest absolute Gasteiger partial charge is 0.227 e. The number of guanidine groups is 1. The number of nitrogens with one attached hydrogen (secondary N) is 2. The van der Waals surface area contributed by atoms with Crippen LogP contribution >= 0.6 is 11.3 Å². The van der Waals surface area contributed by atoms with E-state index in [0.717, 1.165) is 42.5 Å². The molecule has 0 aliphatic carbocycles. The van der Waals surface area contributed by atoms with E-state index in [0.29, 0.717) is 19.5 Å². The number of nitrogens with zero attached hydrogens (tertiary/aromatic N) is 3. The van der Waals surface area contributed by atoms with Crippen molar-refractivity contribution < 1.29 is 4.79 Å². The lowest BCUT2D eigenvalue weighted by Gasteiger charge is -2.17. The number of carbonyl (C=O) groups is 1.